The number of hydrogen-bond donors (Lipinski definition) is 0. The van der Waals surface area contributed by atoms with Crippen molar-refractivity contribution >= 4 is 23.9 Å². The van der Waals surface area contributed by atoms with Crippen LogP contribution < -0.4 is 0 Å². The van der Waals surface area contributed by atoms with Gasteiger partial charge in [-0.25, -0.2) is 8.61 Å². The first kappa shape index (κ1) is 10.8. The molecule has 0 atom stereocenters. The minimum atomic E-state index is -0.192. The minimum Gasteiger partial charge on any atom is -0.268 e. The summed E-state index contributed by atoms with van der Waals surface area (Å²) in [7, 11) is 0. The first-order valence-electron chi connectivity index (χ1n) is 5.68. The molecule has 88 valence electrons. The second kappa shape index (κ2) is 4.16. The van der Waals surface area contributed by atoms with Gasteiger partial charge in [0.25, 0.3) is 11.8 Å². The molecule has 0 N–H and O–H groups in total. The van der Waals surface area contributed by atoms with E-state index in [2.05, 4.69) is 4.31 Å². The number of nitrogens with zero attached hydrogens (tertiary/aromatic N) is 2. The van der Waals surface area contributed by atoms with E-state index in [4.69, 9.17) is 0 Å². The number of benzene rings is 1. The summed E-state index contributed by atoms with van der Waals surface area (Å²) in [6.07, 6.45) is 2.27. The molecule has 0 spiro atoms. The molecular weight excluding hydrogens is 236 g/mol. The molecule has 0 aliphatic carbocycles. The average Bonchev–Trinajstić information content (AvgIpc) is 2.94. The zero-order valence-corrected chi connectivity index (χ0v) is 10.1. The minimum absolute atomic E-state index is 0.192. The maximum atomic E-state index is 12.1. The summed E-state index contributed by atoms with van der Waals surface area (Å²) in [5, 5.41) is 0. The normalized spacial score (nSPS) is 20.1. The summed E-state index contributed by atoms with van der Waals surface area (Å²) < 4.78 is 3.34. The predicted molar refractivity (Wildman–Crippen MR) is 65.3 cm³/mol. The highest BCUT2D eigenvalue weighted by atomic mass is 32.2. The fourth-order valence-corrected chi connectivity index (χ4v) is 3.12. The summed E-state index contributed by atoms with van der Waals surface area (Å²) in [4.78, 5) is 24.1. The SMILES string of the molecule is O=C1c2ccccc2C(=O)N1SN1CCCC1. The lowest BCUT2D eigenvalue weighted by Crippen LogP contribution is -2.28. The van der Waals surface area contributed by atoms with Crippen molar-refractivity contribution in [1.29, 1.82) is 0 Å². The van der Waals surface area contributed by atoms with Gasteiger partial charge in [0.05, 0.1) is 23.3 Å². The van der Waals surface area contributed by atoms with Crippen LogP contribution in [0.25, 0.3) is 0 Å². The van der Waals surface area contributed by atoms with Crippen molar-refractivity contribution in [3.05, 3.63) is 35.4 Å². The molecule has 1 fully saturated rings. The van der Waals surface area contributed by atoms with Gasteiger partial charge in [-0.15, -0.1) is 0 Å². The van der Waals surface area contributed by atoms with E-state index in [1.165, 1.54) is 16.4 Å². The molecule has 5 heteroatoms. The van der Waals surface area contributed by atoms with Gasteiger partial charge >= 0.3 is 0 Å². The number of amides is 2. The summed E-state index contributed by atoms with van der Waals surface area (Å²) in [6.45, 7) is 1.89. The average molecular weight is 248 g/mol. The second-order valence-corrected chi connectivity index (χ2v) is 5.21. The molecule has 0 radical (unpaired) electrons. The lowest BCUT2D eigenvalue weighted by Gasteiger charge is -2.19. The van der Waals surface area contributed by atoms with Gasteiger partial charge < -0.3 is 0 Å². The van der Waals surface area contributed by atoms with Crippen LogP contribution in [0.2, 0.25) is 0 Å². The molecule has 0 unspecified atom stereocenters. The zero-order chi connectivity index (χ0) is 11.8. The largest absolute Gasteiger partial charge is 0.272 e. The lowest BCUT2D eigenvalue weighted by molar-refractivity contribution is 0.0773. The molecule has 0 saturated carbocycles. The van der Waals surface area contributed by atoms with E-state index >= 15 is 0 Å². The van der Waals surface area contributed by atoms with Gasteiger partial charge in [0, 0.05) is 13.1 Å². The van der Waals surface area contributed by atoms with Crippen LogP contribution in [-0.2, 0) is 0 Å². The van der Waals surface area contributed by atoms with E-state index in [0.717, 1.165) is 25.9 Å². The van der Waals surface area contributed by atoms with E-state index in [-0.39, 0.29) is 11.8 Å². The third kappa shape index (κ3) is 1.75. The van der Waals surface area contributed by atoms with Gasteiger partial charge in [0.2, 0.25) is 0 Å². The molecule has 0 bridgehead atoms. The highest BCUT2D eigenvalue weighted by molar-refractivity contribution is 7.95. The monoisotopic (exact) mass is 248 g/mol. The number of imide groups is 1. The van der Waals surface area contributed by atoms with Gasteiger partial charge in [-0.3, -0.25) is 9.59 Å². The molecule has 2 amide bonds. The Labute approximate surface area is 104 Å². The molecule has 1 saturated heterocycles. The third-order valence-corrected chi connectivity index (χ3v) is 4.11. The number of fused-ring (bicyclic) bond motifs is 1. The Morgan fingerprint density at radius 1 is 0.941 bits per heavy atom. The first-order chi connectivity index (χ1) is 8.27. The lowest BCUT2D eigenvalue weighted by atomic mass is 10.1. The third-order valence-electron chi connectivity index (χ3n) is 3.02. The summed E-state index contributed by atoms with van der Waals surface area (Å²) in [5.74, 6) is -0.384. The Kier molecular flexibility index (Phi) is 2.64. The van der Waals surface area contributed by atoms with Gasteiger partial charge in [-0.1, -0.05) is 12.1 Å². The van der Waals surface area contributed by atoms with Crippen LogP contribution in [0.5, 0.6) is 0 Å². The van der Waals surface area contributed by atoms with Crippen LogP contribution >= 0.6 is 12.1 Å². The van der Waals surface area contributed by atoms with Crippen LogP contribution in [0.1, 0.15) is 33.6 Å². The Morgan fingerprint density at radius 2 is 1.47 bits per heavy atom. The van der Waals surface area contributed by atoms with Crippen molar-refractivity contribution < 1.29 is 9.59 Å². The summed E-state index contributed by atoms with van der Waals surface area (Å²) in [6, 6.07) is 6.99. The molecule has 1 aromatic rings. The Hall–Kier alpha value is -1.33. The van der Waals surface area contributed by atoms with E-state index in [1.54, 1.807) is 24.3 Å². The molecule has 0 aromatic heterocycles. The second-order valence-electron chi connectivity index (χ2n) is 4.17. The van der Waals surface area contributed by atoms with E-state index < -0.39 is 0 Å². The van der Waals surface area contributed by atoms with Gasteiger partial charge in [0.15, 0.2) is 0 Å². The fourth-order valence-electron chi connectivity index (χ4n) is 2.13. The molecule has 4 nitrogen and oxygen atoms in total. The maximum absolute atomic E-state index is 12.1. The standard InChI is InChI=1S/C12H12N2O2S/c15-11-9-5-1-2-6-10(9)12(16)14(11)17-13-7-3-4-8-13/h1-2,5-6H,3-4,7-8H2. The van der Waals surface area contributed by atoms with E-state index in [1.807, 2.05) is 0 Å². The summed E-state index contributed by atoms with van der Waals surface area (Å²) in [5.41, 5.74) is 1.04. The van der Waals surface area contributed by atoms with E-state index in [9.17, 15) is 9.59 Å². The van der Waals surface area contributed by atoms with Crippen LogP contribution in [0.4, 0.5) is 0 Å². The van der Waals surface area contributed by atoms with Crippen molar-refractivity contribution in [2.75, 3.05) is 13.1 Å². The maximum Gasteiger partial charge on any atom is 0.272 e. The Balaban J connectivity index is 1.84. The van der Waals surface area contributed by atoms with Crippen LogP contribution in [0.3, 0.4) is 0 Å². The topological polar surface area (TPSA) is 40.6 Å². The van der Waals surface area contributed by atoms with Gasteiger partial charge in [-0.2, -0.15) is 0 Å². The molecule has 2 aliphatic heterocycles. The van der Waals surface area contributed by atoms with E-state index in [0.29, 0.717) is 11.1 Å². The zero-order valence-electron chi connectivity index (χ0n) is 9.26. The molecular formula is C12H12N2O2S. The number of hydrogen-bond acceptors (Lipinski definition) is 4. The predicted octanol–water partition coefficient (Wildman–Crippen LogP) is 1.94. The molecule has 2 aliphatic rings. The molecule has 1 aromatic carbocycles. The van der Waals surface area contributed by atoms with Crippen LogP contribution in [0.15, 0.2) is 24.3 Å². The molecule has 2 heterocycles. The van der Waals surface area contributed by atoms with Gasteiger partial charge in [-0.05, 0) is 25.0 Å². The molecule has 3 rings (SSSR count). The van der Waals surface area contributed by atoms with Crippen molar-refractivity contribution in [2.45, 2.75) is 12.8 Å². The highest BCUT2D eigenvalue weighted by Gasteiger charge is 2.37. The summed E-state index contributed by atoms with van der Waals surface area (Å²) >= 11 is 1.26. The van der Waals surface area contributed by atoms with Crippen LogP contribution in [-0.4, -0.2) is 33.5 Å². The number of carbonyl (C=O) groups is 2. The highest BCUT2D eigenvalue weighted by Crippen LogP contribution is 2.31. The van der Waals surface area contributed by atoms with Crippen molar-refractivity contribution in [2.24, 2.45) is 0 Å². The smallest absolute Gasteiger partial charge is 0.268 e. The van der Waals surface area contributed by atoms with Crippen molar-refractivity contribution in [1.82, 2.24) is 8.61 Å². The van der Waals surface area contributed by atoms with Crippen molar-refractivity contribution in [3.8, 4) is 0 Å². The van der Waals surface area contributed by atoms with Crippen molar-refractivity contribution in [3.63, 3.8) is 0 Å². The van der Waals surface area contributed by atoms with Crippen LogP contribution in [0, 0.1) is 0 Å². The van der Waals surface area contributed by atoms with Gasteiger partial charge in [0.1, 0.15) is 0 Å². The molecule has 17 heavy (non-hydrogen) atoms. The first-order valence-corrected chi connectivity index (χ1v) is 6.41. The quantitative estimate of drug-likeness (QED) is 0.592. The Morgan fingerprint density at radius 3 is 2.00 bits per heavy atom. The number of carbonyl (C=O) groups excluding carboxylic acids is 2. The Bertz CT molecular complexity index is 448. The fraction of sp³-hybridized carbons (Fsp3) is 0.333. The number of rotatable bonds is 2.